The third-order valence-corrected chi connectivity index (χ3v) is 4.36. The predicted molar refractivity (Wildman–Crippen MR) is 97.7 cm³/mol. The van der Waals surface area contributed by atoms with E-state index in [1.807, 2.05) is 0 Å². The van der Waals surface area contributed by atoms with Gasteiger partial charge in [0.1, 0.15) is 0 Å². The van der Waals surface area contributed by atoms with Gasteiger partial charge in [0.05, 0.1) is 0 Å². The standard InChI is InChI=1S/C18H12BrI/c19-15-7-3-5-13(11-15)17-9-1-2-10-18(17)14-6-4-8-16(20)12-14/h1-12H. The Bertz CT molecular complexity index is 685. The topological polar surface area (TPSA) is 0 Å². The zero-order valence-corrected chi connectivity index (χ0v) is 14.4. The van der Waals surface area contributed by atoms with Gasteiger partial charge in [0.15, 0.2) is 0 Å². The van der Waals surface area contributed by atoms with Gasteiger partial charge in [-0.1, -0.05) is 64.5 Å². The highest BCUT2D eigenvalue weighted by Crippen LogP contribution is 2.33. The highest BCUT2D eigenvalue weighted by Gasteiger charge is 2.07. The number of hydrogen-bond donors (Lipinski definition) is 0. The summed E-state index contributed by atoms with van der Waals surface area (Å²) in [7, 11) is 0. The van der Waals surface area contributed by atoms with E-state index >= 15 is 0 Å². The van der Waals surface area contributed by atoms with Gasteiger partial charge in [-0.2, -0.15) is 0 Å². The molecule has 0 aromatic heterocycles. The molecule has 0 saturated carbocycles. The number of hydrogen-bond acceptors (Lipinski definition) is 0. The molecule has 3 rings (SSSR count). The van der Waals surface area contributed by atoms with E-state index in [1.54, 1.807) is 0 Å². The molecule has 0 amide bonds. The van der Waals surface area contributed by atoms with Crippen molar-refractivity contribution in [3.63, 3.8) is 0 Å². The molecule has 20 heavy (non-hydrogen) atoms. The van der Waals surface area contributed by atoms with Crippen LogP contribution in [0.4, 0.5) is 0 Å². The van der Waals surface area contributed by atoms with Crippen molar-refractivity contribution in [2.24, 2.45) is 0 Å². The normalized spacial score (nSPS) is 10.5. The van der Waals surface area contributed by atoms with Crippen LogP contribution in [0.15, 0.2) is 77.3 Å². The van der Waals surface area contributed by atoms with E-state index in [2.05, 4.69) is 111 Å². The van der Waals surface area contributed by atoms with Crippen LogP contribution in [0.1, 0.15) is 0 Å². The Kier molecular flexibility index (Phi) is 4.22. The second-order valence-electron chi connectivity index (χ2n) is 4.57. The zero-order valence-electron chi connectivity index (χ0n) is 10.7. The molecule has 0 aliphatic heterocycles. The molecule has 2 heteroatoms. The lowest BCUT2D eigenvalue weighted by Crippen LogP contribution is -1.85. The first-order valence-corrected chi connectivity index (χ1v) is 8.22. The first-order chi connectivity index (χ1) is 9.74. The van der Waals surface area contributed by atoms with Crippen LogP contribution >= 0.6 is 38.5 Å². The third kappa shape index (κ3) is 2.96. The van der Waals surface area contributed by atoms with Crippen LogP contribution in [0.2, 0.25) is 0 Å². The molecule has 0 N–H and O–H groups in total. The summed E-state index contributed by atoms with van der Waals surface area (Å²) in [6.07, 6.45) is 0. The van der Waals surface area contributed by atoms with Crippen molar-refractivity contribution in [2.75, 3.05) is 0 Å². The van der Waals surface area contributed by atoms with Crippen molar-refractivity contribution in [2.45, 2.75) is 0 Å². The van der Waals surface area contributed by atoms with E-state index in [0.29, 0.717) is 0 Å². The molecule has 0 unspecified atom stereocenters. The Labute approximate surface area is 141 Å². The van der Waals surface area contributed by atoms with E-state index in [1.165, 1.54) is 25.8 Å². The SMILES string of the molecule is Brc1cccc(-c2ccccc2-c2cccc(I)c2)c1. The lowest BCUT2D eigenvalue weighted by molar-refractivity contribution is 1.55. The van der Waals surface area contributed by atoms with Crippen LogP contribution < -0.4 is 0 Å². The molecule has 0 aliphatic rings. The molecule has 0 nitrogen and oxygen atoms in total. The van der Waals surface area contributed by atoms with Gasteiger partial charge in [0.25, 0.3) is 0 Å². The molecule has 0 saturated heterocycles. The first kappa shape index (κ1) is 13.8. The van der Waals surface area contributed by atoms with Crippen LogP contribution in [-0.2, 0) is 0 Å². The summed E-state index contributed by atoms with van der Waals surface area (Å²) >= 11 is 5.91. The molecule has 0 radical (unpaired) electrons. The molecule has 3 aromatic carbocycles. The van der Waals surface area contributed by atoms with Crippen LogP contribution in [0, 0.1) is 3.57 Å². The summed E-state index contributed by atoms with van der Waals surface area (Å²) in [5, 5.41) is 0. The van der Waals surface area contributed by atoms with Gasteiger partial charge in [0, 0.05) is 8.04 Å². The monoisotopic (exact) mass is 434 g/mol. The lowest BCUT2D eigenvalue weighted by atomic mass is 9.95. The second-order valence-corrected chi connectivity index (χ2v) is 6.73. The minimum absolute atomic E-state index is 1.10. The van der Waals surface area contributed by atoms with Crippen LogP contribution in [0.5, 0.6) is 0 Å². The van der Waals surface area contributed by atoms with E-state index in [9.17, 15) is 0 Å². The fraction of sp³-hybridized carbons (Fsp3) is 0. The smallest absolute Gasteiger partial charge is 0.0181 e. The highest BCUT2D eigenvalue weighted by atomic mass is 127. The van der Waals surface area contributed by atoms with Gasteiger partial charge in [-0.05, 0) is 69.1 Å². The van der Waals surface area contributed by atoms with Crippen molar-refractivity contribution in [1.82, 2.24) is 0 Å². The first-order valence-electron chi connectivity index (χ1n) is 6.35. The molecule has 0 atom stereocenters. The van der Waals surface area contributed by atoms with Gasteiger partial charge in [-0.15, -0.1) is 0 Å². The van der Waals surface area contributed by atoms with E-state index in [-0.39, 0.29) is 0 Å². The largest absolute Gasteiger partial charge is 0.0616 e. The summed E-state index contributed by atoms with van der Waals surface area (Å²) in [6, 6.07) is 25.6. The summed E-state index contributed by atoms with van der Waals surface area (Å²) < 4.78 is 2.36. The van der Waals surface area contributed by atoms with E-state index in [0.717, 1.165) is 4.47 Å². The van der Waals surface area contributed by atoms with Gasteiger partial charge in [0.2, 0.25) is 0 Å². The molecular formula is C18H12BrI. The zero-order chi connectivity index (χ0) is 13.9. The third-order valence-electron chi connectivity index (χ3n) is 3.20. The van der Waals surface area contributed by atoms with Gasteiger partial charge < -0.3 is 0 Å². The van der Waals surface area contributed by atoms with Gasteiger partial charge in [-0.3, -0.25) is 0 Å². The minimum Gasteiger partial charge on any atom is -0.0616 e. The second kappa shape index (κ2) is 6.10. The van der Waals surface area contributed by atoms with Crippen LogP contribution in [-0.4, -0.2) is 0 Å². The summed E-state index contributed by atoms with van der Waals surface area (Å²) in [5.74, 6) is 0. The Morgan fingerprint density at radius 1 is 0.650 bits per heavy atom. The molecule has 0 aliphatic carbocycles. The maximum absolute atomic E-state index is 3.55. The molecule has 0 bridgehead atoms. The van der Waals surface area contributed by atoms with Gasteiger partial charge >= 0.3 is 0 Å². The predicted octanol–water partition coefficient (Wildman–Crippen LogP) is 6.39. The molecule has 0 heterocycles. The number of rotatable bonds is 2. The van der Waals surface area contributed by atoms with Gasteiger partial charge in [-0.25, -0.2) is 0 Å². The molecule has 3 aromatic rings. The maximum atomic E-state index is 3.55. The quantitative estimate of drug-likeness (QED) is 0.410. The lowest BCUT2D eigenvalue weighted by Gasteiger charge is -2.11. The molecule has 98 valence electrons. The van der Waals surface area contributed by atoms with Crippen molar-refractivity contribution in [3.05, 3.63) is 80.8 Å². The number of benzene rings is 3. The van der Waals surface area contributed by atoms with Crippen molar-refractivity contribution in [3.8, 4) is 22.3 Å². The fourth-order valence-electron chi connectivity index (χ4n) is 2.30. The highest BCUT2D eigenvalue weighted by molar-refractivity contribution is 14.1. The maximum Gasteiger partial charge on any atom is 0.0181 e. The Balaban J connectivity index is 2.18. The van der Waals surface area contributed by atoms with E-state index < -0.39 is 0 Å². The average Bonchev–Trinajstić information content (AvgIpc) is 2.47. The summed E-state index contributed by atoms with van der Waals surface area (Å²) in [5.41, 5.74) is 5.02. The Morgan fingerprint density at radius 2 is 1.25 bits per heavy atom. The fourth-order valence-corrected chi connectivity index (χ4v) is 3.24. The number of halogens is 2. The molecular weight excluding hydrogens is 423 g/mol. The minimum atomic E-state index is 1.10. The van der Waals surface area contributed by atoms with Crippen LogP contribution in [0.25, 0.3) is 22.3 Å². The molecule has 0 spiro atoms. The van der Waals surface area contributed by atoms with Crippen molar-refractivity contribution >= 4 is 38.5 Å². The van der Waals surface area contributed by atoms with E-state index in [4.69, 9.17) is 0 Å². The van der Waals surface area contributed by atoms with Crippen molar-refractivity contribution in [1.29, 1.82) is 0 Å². The van der Waals surface area contributed by atoms with Crippen LogP contribution in [0.3, 0.4) is 0 Å². The Morgan fingerprint density at radius 3 is 1.85 bits per heavy atom. The molecule has 0 fully saturated rings. The average molecular weight is 435 g/mol. The summed E-state index contributed by atoms with van der Waals surface area (Å²) in [4.78, 5) is 0. The van der Waals surface area contributed by atoms with Crippen molar-refractivity contribution < 1.29 is 0 Å². The summed E-state index contributed by atoms with van der Waals surface area (Å²) in [6.45, 7) is 0. The Hall–Kier alpha value is -1.13.